The van der Waals surface area contributed by atoms with Crippen molar-refractivity contribution in [2.45, 2.75) is 38.1 Å². The first-order valence-corrected chi connectivity index (χ1v) is 10.8. The first-order chi connectivity index (χ1) is 12.2. The van der Waals surface area contributed by atoms with E-state index in [1.54, 1.807) is 0 Å². The fourth-order valence-corrected chi connectivity index (χ4v) is 4.76. The van der Waals surface area contributed by atoms with Crippen LogP contribution in [0.15, 0.2) is 29.2 Å². The number of nitrogens with zero attached hydrogens (tertiary/aromatic N) is 1. The fourth-order valence-electron chi connectivity index (χ4n) is 3.43. The van der Waals surface area contributed by atoms with Gasteiger partial charge in [0, 0.05) is 31.2 Å². The summed E-state index contributed by atoms with van der Waals surface area (Å²) in [5.74, 6) is 1.000. The standard InChI is InChI=1S/C18H28ClN3O3S/c1-13-10-14(2)12-22(11-13)9-8-20-18(23)15(3)21-26(24,25)17-6-4-16(19)5-7-17/h4-7,13-15,21H,8-12H2,1-3H3,(H,20,23)/t13?,14?,15-/m0/s1. The molecule has 1 saturated heterocycles. The van der Waals surface area contributed by atoms with Gasteiger partial charge in [0.25, 0.3) is 0 Å². The van der Waals surface area contributed by atoms with E-state index in [2.05, 4.69) is 28.8 Å². The summed E-state index contributed by atoms with van der Waals surface area (Å²) in [6.07, 6.45) is 1.24. The van der Waals surface area contributed by atoms with E-state index in [-0.39, 0.29) is 10.8 Å². The van der Waals surface area contributed by atoms with E-state index in [0.717, 1.165) is 19.6 Å². The van der Waals surface area contributed by atoms with Crippen LogP contribution in [-0.2, 0) is 14.8 Å². The SMILES string of the molecule is CC1CC(C)CN(CCNC(=O)[C@H](C)NS(=O)(=O)c2ccc(Cl)cc2)C1. The van der Waals surface area contributed by atoms with Crippen molar-refractivity contribution in [3.8, 4) is 0 Å². The first-order valence-electron chi connectivity index (χ1n) is 8.95. The van der Waals surface area contributed by atoms with Gasteiger partial charge < -0.3 is 10.2 Å². The summed E-state index contributed by atoms with van der Waals surface area (Å²) in [6, 6.07) is 4.97. The van der Waals surface area contributed by atoms with E-state index >= 15 is 0 Å². The van der Waals surface area contributed by atoms with Crippen molar-refractivity contribution >= 4 is 27.5 Å². The number of benzene rings is 1. The molecular formula is C18H28ClN3O3S. The maximum atomic E-state index is 12.3. The Morgan fingerprint density at radius 2 is 1.81 bits per heavy atom. The molecule has 2 N–H and O–H groups in total. The molecule has 1 aromatic rings. The molecule has 0 aromatic heterocycles. The van der Waals surface area contributed by atoms with Crippen LogP contribution in [0.1, 0.15) is 27.2 Å². The number of amides is 1. The minimum Gasteiger partial charge on any atom is -0.353 e. The van der Waals surface area contributed by atoms with E-state index in [1.807, 2.05) is 0 Å². The largest absolute Gasteiger partial charge is 0.353 e. The summed E-state index contributed by atoms with van der Waals surface area (Å²) < 4.78 is 27.0. The minimum atomic E-state index is -3.76. The lowest BCUT2D eigenvalue weighted by Crippen LogP contribution is -2.48. The summed E-state index contributed by atoms with van der Waals surface area (Å²) in [4.78, 5) is 14.6. The van der Waals surface area contributed by atoms with Crippen LogP contribution in [0.2, 0.25) is 5.02 Å². The van der Waals surface area contributed by atoms with Crippen molar-refractivity contribution in [3.05, 3.63) is 29.3 Å². The molecule has 8 heteroatoms. The average Bonchev–Trinajstić information content (AvgIpc) is 2.53. The molecule has 6 nitrogen and oxygen atoms in total. The zero-order chi connectivity index (χ0) is 19.3. The van der Waals surface area contributed by atoms with Gasteiger partial charge in [0.2, 0.25) is 15.9 Å². The van der Waals surface area contributed by atoms with E-state index in [9.17, 15) is 13.2 Å². The lowest BCUT2D eigenvalue weighted by molar-refractivity contribution is -0.122. The van der Waals surface area contributed by atoms with E-state index < -0.39 is 16.1 Å². The van der Waals surface area contributed by atoms with Gasteiger partial charge in [0.1, 0.15) is 0 Å². The molecule has 26 heavy (non-hydrogen) atoms. The molecule has 0 bridgehead atoms. The molecule has 0 radical (unpaired) electrons. The second-order valence-corrected chi connectivity index (χ2v) is 9.44. The van der Waals surface area contributed by atoms with Crippen LogP contribution in [0.25, 0.3) is 0 Å². The topological polar surface area (TPSA) is 78.5 Å². The second-order valence-electron chi connectivity index (χ2n) is 7.29. The number of carbonyl (C=O) groups excluding carboxylic acids is 1. The van der Waals surface area contributed by atoms with Crippen LogP contribution in [0.5, 0.6) is 0 Å². The van der Waals surface area contributed by atoms with E-state index in [4.69, 9.17) is 11.6 Å². The Labute approximate surface area is 161 Å². The Morgan fingerprint density at radius 3 is 2.38 bits per heavy atom. The molecule has 1 heterocycles. The number of nitrogens with one attached hydrogen (secondary N) is 2. The van der Waals surface area contributed by atoms with E-state index in [1.165, 1.54) is 37.6 Å². The minimum absolute atomic E-state index is 0.0813. The third-order valence-electron chi connectivity index (χ3n) is 4.52. The number of piperidine rings is 1. The Hall–Kier alpha value is -1.15. The molecule has 1 aliphatic rings. The van der Waals surface area contributed by atoms with Crippen molar-refractivity contribution in [1.29, 1.82) is 0 Å². The molecule has 1 aromatic carbocycles. The van der Waals surface area contributed by atoms with Crippen LogP contribution in [0, 0.1) is 11.8 Å². The molecule has 3 atom stereocenters. The average molecular weight is 402 g/mol. The number of sulfonamides is 1. The Morgan fingerprint density at radius 1 is 1.23 bits per heavy atom. The fraction of sp³-hybridized carbons (Fsp3) is 0.611. The van der Waals surface area contributed by atoms with Crippen molar-refractivity contribution in [2.75, 3.05) is 26.2 Å². The van der Waals surface area contributed by atoms with Crippen LogP contribution < -0.4 is 10.0 Å². The molecule has 0 spiro atoms. The Kier molecular flexibility index (Phi) is 7.46. The summed E-state index contributed by atoms with van der Waals surface area (Å²) in [6.45, 7) is 9.39. The molecule has 2 rings (SSSR count). The van der Waals surface area contributed by atoms with E-state index in [0.29, 0.717) is 23.4 Å². The lowest BCUT2D eigenvalue weighted by Gasteiger charge is -2.35. The van der Waals surface area contributed by atoms with Gasteiger partial charge in [-0.1, -0.05) is 25.4 Å². The highest BCUT2D eigenvalue weighted by atomic mass is 35.5. The molecule has 146 valence electrons. The molecule has 0 saturated carbocycles. The van der Waals surface area contributed by atoms with Crippen molar-refractivity contribution < 1.29 is 13.2 Å². The number of hydrogen-bond donors (Lipinski definition) is 2. The van der Waals surface area contributed by atoms with Crippen LogP contribution in [-0.4, -0.2) is 51.4 Å². The van der Waals surface area contributed by atoms with Gasteiger partial charge in [0.15, 0.2) is 0 Å². The van der Waals surface area contributed by atoms with Gasteiger partial charge in [-0.3, -0.25) is 4.79 Å². The monoisotopic (exact) mass is 401 g/mol. The number of halogens is 1. The van der Waals surface area contributed by atoms with Crippen molar-refractivity contribution in [2.24, 2.45) is 11.8 Å². The molecule has 1 amide bonds. The zero-order valence-electron chi connectivity index (χ0n) is 15.5. The van der Waals surface area contributed by atoms with Gasteiger partial charge in [-0.05, 0) is 49.4 Å². The van der Waals surface area contributed by atoms with Gasteiger partial charge in [-0.2, -0.15) is 4.72 Å². The number of carbonyl (C=O) groups is 1. The highest BCUT2D eigenvalue weighted by molar-refractivity contribution is 7.89. The third kappa shape index (κ3) is 6.23. The lowest BCUT2D eigenvalue weighted by atomic mass is 9.92. The molecular weight excluding hydrogens is 374 g/mol. The van der Waals surface area contributed by atoms with Gasteiger partial charge in [-0.15, -0.1) is 0 Å². The molecule has 1 aliphatic heterocycles. The Balaban J connectivity index is 1.81. The predicted octanol–water partition coefficient (Wildman–Crippen LogP) is 2.10. The third-order valence-corrected chi connectivity index (χ3v) is 6.33. The van der Waals surface area contributed by atoms with Crippen molar-refractivity contribution in [1.82, 2.24) is 14.9 Å². The summed E-state index contributed by atoms with van der Waals surface area (Å²) in [5, 5.41) is 3.27. The molecule has 2 unspecified atom stereocenters. The normalized spacial score (nSPS) is 22.8. The number of rotatable bonds is 7. The maximum absolute atomic E-state index is 12.3. The maximum Gasteiger partial charge on any atom is 0.241 e. The molecule has 0 aliphatic carbocycles. The smallest absolute Gasteiger partial charge is 0.241 e. The zero-order valence-corrected chi connectivity index (χ0v) is 17.1. The summed E-state index contributed by atoms with van der Waals surface area (Å²) >= 11 is 5.77. The Bertz CT molecular complexity index is 699. The van der Waals surface area contributed by atoms with Gasteiger partial charge in [-0.25, -0.2) is 8.42 Å². The summed E-state index contributed by atoms with van der Waals surface area (Å²) in [5.41, 5.74) is 0. The predicted molar refractivity (Wildman–Crippen MR) is 104 cm³/mol. The van der Waals surface area contributed by atoms with Crippen molar-refractivity contribution in [3.63, 3.8) is 0 Å². The first kappa shape index (κ1) is 21.2. The van der Waals surface area contributed by atoms with Gasteiger partial charge in [0.05, 0.1) is 10.9 Å². The van der Waals surface area contributed by atoms with Crippen LogP contribution in [0.3, 0.4) is 0 Å². The molecule has 1 fully saturated rings. The van der Waals surface area contributed by atoms with Crippen LogP contribution >= 0.6 is 11.6 Å². The van der Waals surface area contributed by atoms with Gasteiger partial charge >= 0.3 is 0 Å². The quantitative estimate of drug-likeness (QED) is 0.733. The second kappa shape index (κ2) is 9.17. The summed E-state index contributed by atoms with van der Waals surface area (Å²) in [7, 11) is -3.76. The van der Waals surface area contributed by atoms with Crippen LogP contribution in [0.4, 0.5) is 0 Å². The number of hydrogen-bond acceptors (Lipinski definition) is 4. The number of likely N-dealkylation sites (tertiary alicyclic amines) is 1. The highest BCUT2D eigenvalue weighted by Crippen LogP contribution is 2.20. The highest BCUT2D eigenvalue weighted by Gasteiger charge is 2.23.